The molecular weight excluding hydrogens is 246 g/mol. The second-order valence-corrected chi connectivity index (χ2v) is 3.68. The Hall–Kier alpha value is -0.700. The number of hydrogen-bond acceptors (Lipinski definition) is 1. The molecule has 0 aliphatic rings. The van der Waals surface area contributed by atoms with Crippen molar-refractivity contribution in [2.24, 2.45) is 0 Å². The first-order valence-electron chi connectivity index (χ1n) is 3.56. The topological polar surface area (TPSA) is 37.3 Å². The molecule has 0 fully saturated rings. The average Bonchev–Trinajstić information content (AvgIpc) is 2.08. The molecule has 0 saturated heterocycles. The second-order valence-electron chi connectivity index (χ2n) is 2.46. The Bertz CT molecular complexity index is 399. The maximum atomic E-state index is 10.3. The maximum absolute atomic E-state index is 10.3. The molecule has 0 spiro atoms. The van der Waals surface area contributed by atoms with Crippen molar-refractivity contribution in [3.63, 3.8) is 0 Å². The molecule has 1 rings (SSSR count). The molecule has 5 heteroatoms. The molecule has 0 heterocycles. The van der Waals surface area contributed by atoms with Crippen LogP contribution in [0.3, 0.4) is 0 Å². The number of carboxylic acids is 1. The Kier molecular flexibility index (Phi) is 3.81. The van der Waals surface area contributed by atoms with Crippen LogP contribution >= 0.6 is 34.8 Å². The summed E-state index contributed by atoms with van der Waals surface area (Å²) in [5.74, 6) is -1.06. The van der Waals surface area contributed by atoms with Crippen LogP contribution in [0.15, 0.2) is 18.2 Å². The van der Waals surface area contributed by atoms with Crippen LogP contribution in [0.2, 0.25) is 15.1 Å². The summed E-state index contributed by atoms with van der Waals surface area (Å²) in [7, 11) is 0. The molecule has 0 aliphatic carbocycles. The standard InChI is InChI=1S/C9H5Cl3O2/c10-6-3-5(1-2-8(13)14)9(12)7(11)4-6/h1-4H,(H,13,14). The smallest absolute Gasteiger partial charge is 0.328 e. The van der Waals surface area contributed by atoms with E-state index in [0.717, 1.165) is 6.08 Å². The van der Waals surface area contributed by atoms with Gasteiger partial charge in [0.1, 0.15) is 0 Å². The fraction of sp³-hybridized carbons (Fsp3) is 0. The Morgan fingerprint density at radius 2 is 1.93 bits per heavy atom. The lowest BCUT2D eigenvalue weighted by atomic mass is 10.2. The number of benzene rings is 1. The van der Waals surface area contributed by atoms with Gasteiger partial charge in [-0.15, -0.1) is 0 Å². The minimum Gasteiger partial charge on any atom is -0.478 e. The number of halogens is 3. The van der Waals surface area contributed by atoms with Gasteiger partial charge >= 0.3 is 5.97 Å². The highest BCUT2D eigenvalue weighted by Gasteiger charge is 2.04. The van der Waals surface area contributed by atoms with E-state index in [-0.39, 0.29) is 5.02 Å². The third kappa shape index (κ3) is 2.91. The fourth-order valence-electron chi connectivity index (χ4n) is 0.858. The zero-order valence-corrected chi connectivity index (χ0v) is 9.07. The number of carbonyl (C=O) groups is 1. The van der Waals surface area contributed by atoms with Gasteiger partial charge in [-0.05, 0) is 23.8 Å². The molecule has 0 radical (unpaired) electrons. The fourth-order valence-corrected chi connectivity index (χ4v) is 1.54. The third-order valence-electron chi connectivity index (χ3n) is 1.43. The van der Waals surface area contributed by atoms with Gasteiger partial charge in [-0.1, -0.05) is 34.8 Å². The highest BCUT2D eigenvalue weighted by Crippen LogP contribution is 2.30. The number of hydrogen-bond donors (Lipinski definition) is 1. The lowest BCUT2D eigenvalue weighted by molar-refractivity contribution is -0.131. The number of aliphatic carboxylic acids is 1. The van der Waals surface area contributed by atoms with Gasteiger partial charge in [0.25, 0.3) is 0 Å². The van der Waals surface area contributed by atoms with Crippen LogP contribution in [0, 0.1) is 0 Å². The zero-order chi connectivity index (χ0) is 10.7. The molecule has 0 unspecified atom stereocenters. The summed E-state index contributed by atoms with van der Waals surface area (Å²) in [6.07, 6.45) is 2.30. The Morgan fingerprint density at radius 1 is 1.29 bits per heavy atom. The molecule has 1 aromatic carbocycles. The highest BCUT2D eigenvalue weighted by atomic mass is 35.5. The van der Waals surface area contributed by atoms with Crippen molar-refractivity contribution >= 4 is 46.8 Å². The summed E-state index contributed by atoms with van der Waals surface area (Å²) in [5.41, 5.74) is 0.478. The summed E-state index contributed by atoms with van der Waals surface area (Å²) in [6, 6.07) is 3.03. The van der Waals surface area contributed by atoms with Crippen LogP contribution < -0.4 is 0 Å². The Labute approximate surface area is 95.7 Å². The van der Waals surface area contributed by atoms with Crippen LogP contribution in [-0.4, -0.2) is 11.1 Å². The van der Waals surface area contributed by atoms with Crippen molar-refractivity contribution in [3.8, 4) is 0 Å². The van der Waals surface area contributed by atoms with Gasteiger partial charge in [0.05, 0.1) is 10.0 Å². The van der Waals surface area contributed by atoms with Crippen molar-refractivity contribution in [1.82, 2.24) is 0 Å². The van der Waals surface area contributed by atoms with Crippen molar-refractivity contribution < 1.29 is 9.90 Å². The van der Waals surface area contributed by atoms with E-state index in [1.807, 2.05) is 0 Å². The molecule has 0 aromatic heterocycles. The molecule has 0 amide bonds. The van der Waals surface area contributed by atoms with Gasteiger partial charge in [-0.25, -0.2) is 4.79 Å². The van der Waals surface area contributed by atoms with Crippen molar-refractivity contribution in [3.05, 3.63) is 38.8 Å². The van der Waals surface area contributed by atoms with Gasteiger partial charge < -0.3 is 5.11 Å². The summed E-state index contributed by atoms with van der Waals surface area (Å²) in [4.78, 5) is 10.3. The zero-order valence-electron chi connectivity index (χ0n) is 6.80. The van der Waals surface area contributed by atoms with Gasteiger partial charge in [0.15, 0.2) is 0 Å². The first kappa shape index (κ1) is 11.4. The van der Waals surface area contributed by atoms with Crippen molar-refractivity contribution in [1.29, 1.82) is 0 Å². The SMILES string of the molecule is O=C(O)C=Cc1cc(Cl)cc(Cl)c1Cl. The summed E-state index contributed by atoms with van der Waals surface area (Å²) in [6.45, 7) is 0. The van der Waals surface area contributed by atoms with Crippen molar-refractivity contribution in [2.45, 2.75) is 0 Å². The van der Waals surface area contributed by atoms with E-state index >= 15 is 0 Å². The average molecular weight is 251 g/mol. The normalized spacial score (nSPS) is 10.8. The van der Waals surface area contributed by atoms with Crippen LogP contribution in [-0.2, 0) is 4.79 Å². The molecule has 1 aromatic rings. The lowest BCUT2D eigenvalue weighted by Gasteiger charge is -2.01. The second kappa shape index (κ2) is 4.69. The van der Waals surface area contributed by atoms with E-state index in [2.05, 4.69) is 0 Å². The highest BCUT2D eigenvalue weighted by molar-refractivity contribution is 6.44. The molecule has 0 atom stereocenters. The quantitative estimate of drug-likeness (QED) is 0.642. The predicted molar refractivity (Wildman–Crippen MR) is 58.1 cm³/mol. The van der Waals surface area contributed by atoms with E-state index < -0.39 is 5.97 Å². The van der Waals surface area contributed by atoms with Crippen LogP contribution in [0.4, 0.5) is 0 Å². The van der Waals surface area contributed by atoms with Crippen LogP contribution in [0.5, 0.6) is 0 Å². The largest absolute Gasteiger partial charge is 0.478 e. The van der Waals surface area contributed by atoms with E-state index in [1.54, 1.807) is 0 Å². The van der Waals surface area contributed by atoms with E-state index in [0.29, 0.717) is 15.6 Å². The maximum Gasteiger partial charge on any atom is 0.328 e. The molecule has 74 valence electrons. The first-order chi connectivity index (χ1) is 6.50. The van der Waals surface area contributed by atoms with E-state index in [9.17, 15) is 4.79 Å². The minimum absolute atomic E-state index is 0.286. The Morgan fingerprint density at radius 3 is 2.50 bits per heavy atom. The molecule has 1 N–H and O–H groups in total. The first-order valence-corrected chi connectivity index (χ1v) is 4.69. The molecule has 2 nitrogen and oxygen atoms in total. The lowest BCUT2D eigenvalue weighted by Crippen LogP contribution is -1.86. The molecule has 0 aliphatic heterocycles. The van der Waals surface area contributed by atoms with E-state index in [4.69, 9.17) is 39.9 Å². The molecular formula is C9H5Cl3O2. The summed E-state index contributed by atoms with van der Waals surface area (Å²) in [5, 5.41) is 9.40. The Balaban J connectivity index is 3.14. The molecule has 14 heavy (non-hydrogen) atoms. The van der Waals surface area contributed by atoms with Gasteiger partial charge in [0, 0.05) is 11.1 Å². The third-order valence-corrected chi connectivity index (χ3v) is 2.46. The van der Waals surface area contributed by atoms with Gasteiger partial charge in [-0.2, -0.15) is 0 Å². The van der Waals surface area contributed by atoms with Crippen molar-refractivity contribution in [2.75, 3.05) is 0 Å². The number of rotatable bonds is 2. The van der Waals surface area contributed by atoms with Gasteiger partial charge in [-0.3, -0.25) is 0 Å². The van der Waals surface area contributed by atoms with Crippen LogP contribution in [0.1, 0.15) is 5.56 Å². The minimum atomic E-state index is -1.06. The predicted octanol–water partition coefficient (Wildman–Crippen LogP) is 3.74. The summed E-state index contributed by atoms with van der Waals surface area (Å²) < 4.78 is 0. The molecule has 0 saturated carbocycles. The monoisotopic (exact) mass is 250 g/mol. The summed E-state index contributed by atoms with van der Waals surface area (Å²) >= 11 is 17.3. The molecule has 0 bridgehead atoms. The van der Waals surface area contributed by atoms with Gasteiger partial charge in [0.2, 0.25) is 0 Å². The number of carboxylic acid groups (broad SMARTS) is 1. The van der Waals surface area contributed by atoms with E-state index in [1.165, 1.54) is 18.2 Å². The van der Waals surface area contributed by atoms with Crippen LogP contribution in [0.25, 0.3) is 6.08 Å².